The number of aryl methyl sites for hydroxylation is 1. The summed E-state index contributed by atoms with van der Waals surface area (Å²) < 4.78 is 24.4. The van der Waals surface area contributed by atoms with Crippen molar-refractivity contribution in [1.29, 1.82) is 0 Å². The van der Waals surface area contributed by atoms with Gasteiger partial charge in [0, 0.05) is 19.5 Å². The van der Waals surface area contributed by atoms with E-state index in [0.29, 0.717) is 44.7 Å². The van der Waals surface area contributed by atoms with Gasteiger partial charge in [-0.15, -0.1) is 0 Å². The van der Waals surface area contributed by atoms with Crippen LogP contribution in [-0.4, -0.2) is 43.0 Å². The molecule has 0 aromatic heterocycles. The number of hydrogen-bond acceptors (Lipinski definition) is 4. The lowest BCUT2D eigenvalue weighted by atomic mass is 10.0. The quantitative estimate of drug-likeness (QED) is 0.841. The molecule has 2 aliphatic rings. The van der Waals surface area contributed by atoms with Gasteiger partial charge in [-0.3, -0.25) is 9.59 Å². The van der Waals surface area contributed by atoms with Crippen LogP contribution < -0.4 is 14.8 Å². The number of carbonyl (C=O) groups excluding carboxylic acids is 2. The summed E-state index contributed by atoms with van der Waals surface area (Å²) in [5.74, 6) is 0.804. The van der Waals surface area contributed by atoms with E-state index >= 15 is 0 Å². The molecule has 6 nitrogen and oxygen atoms in total. The van der Waals surface area contributed by atoms with Crippen LogP contribution in [0.25, 0.3) is 0 Å². The van der Waals surface area contributed by atoms with E-state index in [9.17, 15) is 14.0 Å². The Hall–Kier alpha value is -3.09. The zero-order chi connectivity index (χ0) is 20.2. The van der Waals surface area contributed by atoms with Crippen LogP contribution >= 0.6 is 0 Å². The third-order valence-corrected chi connectivity index (χ3v) is 5.18. The van der Waals surface area contributed by atoms with Crippen LogP contribution in [0.1, 0.15) is 30.0 Å². The summed E-state index contributed by atoms with van der Waals surface area (Å²) in [4.78, 5) is 26.8. The van der Waals surface area contributed by atoms with E-state index in [-0.39, 0.29) is 17.6 Å². The molecule has 1 atom stereocenters. The number of amides is 2. The minimum atomic E-state index is -0.717. The number of halogens is 1. The van der Waals surface area contributed by atoms with Gasteiger partial charge in [-0.25, -0.2) is 4.39 Å². The van der Waals surface area contributed by atoms with Crippen LogP contribution in [-0.2, 0) is 16.0 Å². The summed E-state index contributed by atoms with van der Waals surface area (Å²) in [5.41, 5.74) is 1.69. The first kappa shape index (κ1) is 19.2. The minimum Gasteiger partial charge on any atom is -0.486 e. The minimum absolute atomic E-state index is 0.0771. The van der Waals surface area contributed by atoms with E-state index in [1.807, 2.05) is 18.2 Å². The normalized spacial score (nSPS) is 18.3. The average Bonchev–Trinajstić information content (AvgIpc) is 2.74. The van der Waals surface area contributed by atoms with Crippen LogP contribution in [0.5, 0.6) is 11.5 Å². The van der Waals surface area contributed by atoms with Gasteiger partial charge in [0.2, 0.25) is 11.8 Å². The molecule has 2 aromatic carbocycles. The second-order valence-corrected chi connectivity index (χ2v) is 7.16. The highest BCUT2D eigenvalue weighted by Crippen LogP contribution is 2.31. The van der Waals surface area contributed by atoms with Crippen molar-refractivity contribution in [2.45, 2.75) is 25.3 Å². The third-order valence-electron chi connectivity index (χ3n) is 5.18. The molecule has 7 heteroatoms. The highest BCUT2D eigenvalue weighted by Gasteiger charge is 2.33. The monoisotopic (exact) mass is 398 g/mol. The molecule has 4 rings (SSSR count). The van der Waals surface area contributed by atoms with Gasteiger partial charge in [-0.2, -0.15) is 0 Å². The predicted octanol–water partition coefficient (Wildman–Crippen LogP) is 2.62. The zero-order valence-corrected chi connectivity index (χ0v) is 16.0. The van der Waals surface area contributed by atoms with E-state index in [2.05, 4.69) is 5.32 Å². The number of hydrogen-bond donors (Lipinski definition) is 1. The van der Waals surface area contributed by atoms with Gasteiger partial charge in [0.25, 0.3) is 0 Å². The SMILES string of the molecule is O=C1NCCN(C(=O)CCCc2ccc3c(c2)OCCO3)C1c1ccc(F)cc1. The van der Waals surface area contributed by atoms with E-state index in [4.69, 9.17) is 9.47 Å². The van der Waals surface area contributed by atoms with Crippen LogP contribution in [0.4, 0.5) is 4.39 Å². The number of benzene rings is 2. The Morgan fingerprint density at radius 2 is 1.86 bits per heavy atom. The van der Waals surface area contributed by atoms with Gasteiger partial charge in [-0.05, 0) is 48.2 Å². The van der Waals surface area contributed by atoms with Crippen LogP contribution in [0.3, 0.4) is 0 Å². The van der Waals surface area contributed by atoms with Gasteiger partial charge in [-0.1, -0.05) is 18.2 Å². The van der Waals surface area contributed by atoms with Crippen molar-refractivity contribution in [3.63, 3.8) is 0 Å². The Bertz CT molecular complexity index is 900. The lowest BCUT2D eigenvalue weighted by Gasteiger charge is -2.35. The second-order valence-electron chi connectivity index (χ2n) is 7.16. The maximum absolute atomic E-state index is 13.2. The molecule has 0 bridgehead atoms. The number of nitrogens with one attached hydrogen (secondary N) is 1. The van der Waals surface area contributed by atoms with E-state index in [1.165, 1.54) is 12.1 Å². The van der Waals surface area contributed by atoms with Gasteiger partial charge in [0.1, 0.15) is 25.1 Å². The Morgan fingerprint density at radius 3 is 2.66 bits per heavy atom. The molecule has 29 heavy (non-hydrogen) atoms. The molecular weight excluding hydrogens is 375 g/mol. The van der Waals surface area contributed by atoms with Crippen molar-refractivity contribution in [2.24, 2.45) is 0 Å². The first-order valence-electron chi connectivity index (χ1n) is 9.83. The predicted molar refractivity (Wildman–Crippen MR) is 104 cm³/mol. The molecule has 152 valence electrons. The lowest BCUT2D eigenvalue weighted by Crippen LogP contribution is -2.52. The topological polar surface area (TPSA) is 67.9 Å². The molecule has 1 unspecified atom stereocenters. The number of rotatable bonds is 5. The van der Waals surface area contributed by atoms with Crippen molar-refractivity contribution in [3.8, 4) is 11.5 Å². The molecule has 0 aliphatic carbocycles. The van der Waals surface area contributed by atoms with E-state index < -0.39 is 6.04 Å². The molecular formula is C22H23FN2O4. The Morgan fingerprint density at radius 1 is 1.10 bits per heavy atom. The van der Waals surface area contributed by atoms with Gasteiger partial charge >= 0.3 is 0 Å². The summed E-state index contributed by atoms with van der Waals surface area (Å²) in [6.45, 7) is 1.96. The van der Waals surface area contributed by atoms with Gasteiger partial charge in [0.15, 0.2) is 11.5 Å². The fraction of sp³-hybridized carbons (Fsp3) is 0.364. The maximum atomic E-state index is 13.2. The maximum Gasteiger partial charge on any atom is 0.247 e. The fourth-order valence-electron chi connectivity index (χ4n) is 3.74. The molecule has 2 aromatic rings. The molecule has 0 spiro atoms. The summed E-state index contributed by atoms with van der Waals surface area (Å²) in [7, 11) is 0. The average molecular weight is 398 g/mol. The third kappa shape index (κ3) is 4.34. The Labute approximate surface area is 168 Å². The molecule has 0 radical (unpaired) electrons. The van der Waals surface area contributed by atoms with E-state index in [1.54, 1.807) is 17.0 Å². The second kappa shape index (κ2) is 8.51. The molecule has 1 fully saturated rings. The molecule has 2 amide bonds. The summed E-state index contributed by atoms with van der Waals surface area (Å²) in [5, 5.41) is 2.79. The molecule has 1 N–H and O–H groups in total. The number of fused-ring (bicyclic) bond motifs is 1. The van der Waals surface area contributed by atoms with Crippen molar-refractivity contribution < 1.29 is 23.5 Å². The summed E-state index contributed by atoms with van der Waals surface area (Å²) >= 11 is 0. The standard InChI is InChI=1S/C22H23FN2O4/c23-17-7-5-16(6-8-17)21-22(27)24-10-11-25(21)20(26)3-1-2-15-4-9-18-19(14-15)29-13-12-28-18/h4-9,14,21H,1-3,10-13H2,(H,24,27). The fourth-order valence-corrected chi connectivity index (χ4v) is 3.74. The van der Waals surface area contributed by atoms with Crippen molar-refractivity contribution in [3.05, 3.63) is 59.4 Å². The lowest BCUT2D eigenvalue weighted by molar-refractivity contribution is -0.143. The summed E-state index contributed by atoms with van der Waals surface area (Å²) in [6.07, 6.45) is 1.72. The van der Waals surface area contributed by atoms with Crippen molar-refractivity contribution in [1.82, 2.24) is 10.2 Å². The van der Waals surface area contributed by atoms with Crippen molar-refractivity contribution >= 4 is 11.8 Å². The molecule has 2 aliphatic heterocycles. The molecule has 0 saturated carbocycles. The number of nitrogens with zero attached hydrogens (tertiary/aromatic N) is 1. The van der Waals surface area contributed by atoms with Crippen LogP contribution in [0, 0.1) is 5.82 Å². The Kier molecular flexibility index (Phi) is 5.64. The van der Waals surface area contributed by atoms with Crippen molar-refractivity contribution in [2.75, 3.05) is 26.3 Å². The van der Waals surface area contributed by atoms with E-state index in [0.717, 1.165) is 23.5 Å². The highest BCUT2D eigenvalue weighted by molar-refractivity contribution is 5.89. The van der Waals surface area contributed by atoms with Crippen LogP contribution in [0.15, 0.2) is 42.5 Å². The molecule has 2 heterocycles. The number of carbonyl (C=O) groups is 2. The van der Waals surface area contributed by atoms with Gasteiger partial charge < -0.3 is 19.7 Å². The largest absolute Gasteiger partial charge is 0.486 e. The Balaban J connectivity index is 1.39. The van der Waals surface area contributed by atoms with Gasteiger partial charge in [0.05, 0.1) is 0 Å². The number of piperazine rings is 1. The molecule has 1 saturated heterocycles. The smallest absolute Gasteiger partial charge is 0.247 e. The first-order chi connectivity index (χ1) is 14.1. The first-order valence-corrected chi connectivity index (χ1v) is 9.83. The zero-order valence-electron chi connectivity index (χ0n) is 16.0. The summed E-state index contributed by atoms with van der Waals surface area (Å²) in [6, 6.07) is 10.8. The van der Waals surface area contributed by atoms with Crippen LogP contribution in [0.2, 0.25) is 0 Å². The highest BCUT2D eigenvalue weighted by atomic mass is 19.1. The number of ether oxygens (including phenoxy) is 2.